The van der Waals surface area contributed by atoms with Gasteiger partial charge in [0.15, 0.2) is 0 Å². The maximum atomic E-state index is 11.8. The van der Waals surface area contributed by atoms with Crippen LogP contribution in [0.25, 0.3) is 0 Å². The summed E-state index contributed by atoms with van der Waals surface area (Å²) in [6.45, 7) is 2.62. The fourth-order valence-corrected chi connectivity index (χ4v) is 2.05. The Balaban J connectivity index is 1.75. The van der Waals surface area contributed by atoms with Gasteiger partial charge in [0, 0.05) is 19.3 Å². The Hall–Kier alpha value is -2.42. The van der Waals surface area contributed by atoms with Crippen molar-refractivity contribution in [1.82, 2.24) is 24.9 Å². The first-order valence-electron chi connectivity index (χ1n) is 6.59. The van der Waals surface area contributed by atoms with Crippen molar-refractivity contribution in [1.29, 1.82) is 0 Å². The standard InChI is InChI=1S/C12H15ClN6O3/c1-9-11(19(21)22)6-16-18(9)8-12(20)14-3-2-4-17-7-10(13)5-15-17/h5-7H,2-4,8H2,1H3,(H,14,20). The lowest BCUT2D eigenvalue weighted by Crippen LogP contribution is -2.29. The Morgan fingerprint density at radius 2 is 2.23 bits per heavy atom. The third-order valence-corrected chi connectivity index (χ3v) is 3.25. The van der Waals surface area contributed by atoms with Gasteiger partial charge in [-0.2, -0.15) is 10.2 Å². The minimum atomic E-state index is -0.522. The maximum absolute atomic E-state index is 11.8. The number of rotatable bonds is 7. The summed E-state index contributed by atoms with van der Waals surface area (Å²) in [5.74, 6) is -0.250. The quantitative estimate of drug-likeness (QED) is 0.466. The molecule has 2 aromatic rings. The van der Waals surface area contributed by atoms with Crippen LogP contribution in [0.15, 0.2) is 18.6 Å². The molecule has 118 valence electrons. The second-order valence-corrected chi connectivity index (χ2v) is 5.09. The Kier molecular flexibility index (Phi) is 5.10. The summed E-state index contributed by atoms with van der Waals surface area (Å²) in [5.41, 5.74) is 0.259. The van der Waals surface area contributed by atoms with E-state index < -0.39 is 4.92 Å². The molecule has 0 aliphatic heterocycles. The van der Waals surface area contributed by atoms with Crippen LogP contribution < -0.4 is 5.32 Å². The molecule has 9 nitrogen and oxygen atoms in total. The molecule has 0 fully saturated rings. The van der Waals surface area contributed by atoms with Crippen LogP contribution >= 0.6 is 11.6 Å². The van der Waals surface area contributed by atoms with Crippen molar-refractivity contribution in [3.63, 3.8) is 0 Å². The van der Waals surface area contributed by atoms with Crippen molar-refractivity contribution >= 4 is 23.2 Å². The number of hydrogen-bond donors (Lipinski definition) is 1. The molecule has 0 saturated carbocycles. The minimum absolute atomic E-state index is 0.0483. The molecule has 0 atom stereocenters. The second kappa shape index (κ2) is 7.03. The van der Waals surface area contributed by atoms with Gasteiger partial charge in [0.1, 0.15) is 18.4 Å². The molecule has 0 unspecified atom stereocenters. The van der Waals surface area contributed by atoms with E-state index in [9.17, 15) is 14.9 Å². The van der Waals surface area contributed by atoms with E-state index in [1.807, 2.05) is 0 Å². The van der Waals surface area contributed by atoms with E-state index in [4.69, 9.17) is 11.6 Å². The van der Waals surface area contributed by atoms with Gasteiger partial charge in [-0.3, -0.25) is 24.3 Å². The van der Waals surface area contributed by atoms with Gasteiger partial charge in [-0.15, -0.1) is 0 Å². The number of carbonyl (C=O) groups excluding carboxylic acids is 1. The first-order chi connectivity index (χ1) is 10.5. The number of amides is 1. The number of nitrogens with one attached hydrogen (secondary N) is 1. The molecule has 10 heteroatoms. The van der Waals surface area contributed by atoms with Gasteiger partial charge >= 0.3 is 5.69 Å². The van der Waals surface area contributed by atoms with Crippen LogP contribution in [0.3, 0.4) is 0 Å². The molecule has 0 aliphatic rings. The van der Waals surface area contributed by atoms with Crippen molar-refractivity contribution in [3.8, 4) is 0 Å². The van der Waals surface area contributed by atoms with Crippen LogP contribution in [0.1, 0.15) is 12.1 Å². The molecular formula is C12H15ClN6O3. The summed E-state index contributed by atoms with van der Waals surface area (Å²) in [5, 5.41) is 21.9. The van der Waals surface area contributed by atoms with E-state index >= 15 is 0 Å². The van der Waals surface area contributed by atoms with Crippen molar-refractivity contribution in [2.45, 2.75) is 26.4 Å². The summed E-state index contributed by atoms with van der Waals surface area (Å²) in [7, 11) is 0. The Morgan fingerprint density at radius 3 is 2.82 bits per heavy atom. The molecule has 2 aromatic heterocycles. The number of carbonyl (C=O) groups is 1. The molecule has 1 amide bonds. The smallest absolute Gasteiger partial charge is 0.309 e. The summed E-state index contributed by atoms with van der Waals surface area (Å²) in [6.07, 6.45) is 5.09. The van der Waals surface area contributed by atoms with Crippen LogP contribution in [0.4, 0.5) is 5.69 Å². The number of aryl methyl sites for hydroxylation is 1. The molecule has 2 rings (SSSR count). The van der Waals surface area contributed by atoms with Crippen molar-refractivity contribution in [2.24, 2.45) is 0 Å². The normalized spacial score (nSPS) is 10.6. The summed E-state index contributed by atoms with van der Waals surface area (Å²) in [4.78, 5) is 22.0. The van der Waals surface area contributed by atoms with E-state index in [0.717, 1.165) is 6.20 Å². The van der Waals surface area contributed by atoms with Crippen molar-refractivity contribution in [2.75, 3.05) is 6.54 Å². The van der Waals surface area contributed by atoms with Crippen LogP contribution in [0, 0.1) is 17.0 Å². The first kappa shape index (κ1) is 16.0. The zero-order valence-corrected chi connectivity index (χ0v) is 12.7. The number of nitrogens with zero attached hydrogens (tertiary/aromatic N) is 5. The predicted octanol–water partition coefficient (Wildman–Crippen LogP) is 1.16. The molecule has 0 bridgehead atoms. The number of nitro groups is 1. The molecule has 0 spiro atoms. The van der Waals surface area contributed by atoms with Gasteiger partial charge in [-0.1, -0.05) is 11.6 Å². The molecule has 22 heavy (non-hydrogen) atoms. The third-order valence-electron chi connectivity index (χ3n) is 3.06. The van der Waals surface area contributed by atoms with Crippen LogP contribution in [-0.2, 0) is 17.9 Å². The second-order valence-electron chi connectivity index (χ2n) is 4.66. The number of aromatic nitrogens is 4. The van der Waals surface area contributed by atoms with Gasteiger partial charge in [0.2, 0.25) is 5.91 Å². The average Bonchev–Trinajstić information content (AvgIpc) is 3.02. The fourth-order valence-electron chi connectivity index (χ4n) is 1.90. The highest BCUT2D eigenvalue weighted by molar-refractivity contribution is 6.30. The highest BCUT2D eigenvalue weighted by Crippen LogP contribution is 2.15. The van der Waals surface area contributed by atoms with E-state index in [0.29, 0.717) is 30.2 Å². The zero-order valence-electron chi connectivity index (χ0n) is 11.9. The SMILES string of the molecule is Cc1c([N+](=O)[O-])cnn1CC(=O)NCCCn1cc(Cl)cn1. The fraction of sp³-hybridized carbons (Fsp3) is 0.417. The third kappa shape index (κ3) is 4.04. The summed E-state index contributed by atoms with van der Waals surface area (Å²) in [6, 6.07) is 0. The van der Waals surface area contributed by atoms with Gasteiger partial charge in [0.25, 0.3) is 0 Å². The van der Waals surface area contributed by atoms with Crippen LogP contribution in [0.5, 0.6) is 0 Å². The van der Waals surface area contributed by atoms with Crippen LogP contribution in [0.2, 0.25) is 5.02 Å². The first-order valence-corrected chi connectivity index (χ1v) is 6.96. The highest BCUT2D eigenvalue weighted by atomic mass is 35.5. The highest BCUT2D eigenvalue weighted by Gasteiger charge is 2.17. The van der Waals surface area contributed by atoms with E-state index in [1.165, 1.54) is 4.68 Å². The van der Waals surface area contributed by atoms with Gasteiger partial charge in [0.05, 0.1) is 16.1 Å². The molecule has 0 saturated heterocycles. The Morgan fingerprint density at radius 1 is 1.45 bits per heavy atom. The molecule has 0 aromatic carbocycles. The van der Waals surface area contributed by atoms with Gasteiger partial charge in [-0.05, 0) is 13.3 Å². The predicted molar refractivity (Wildman–Crippen MR) is 78.5 cm³/mol. The Bertz CT molecular complexity index is 680. The van der Waals surface area contributed by atoms with Crippen LogP contribution in [-0.4, -0.2) is 36.9 Å². The monoisotopic (exact) mass is 326 g/mol. The molecule has 0 radical (unpaired) electrons. The lowest BCUT2D eigenvalue weighted by molar-refractivity contribution is -0.385. The van der Waals surface area contributed by atoms with Crippen molar-refractivity contribution in [3.05, 3.63) is 39.4 Å². The summed E-state index contributed by atoms with van der Waals surface area (Å²) < 4.78 is 3.00. The summed E-state index contributed by atoms with van der Waals surface area (Å²) >= 11 is 5.74. The van der Waals surface area contributed by atoms with E-state index in [1.54, 1.807) is 24.0 Å². The number of halogens is 1. The average molecular weight is 327 g/mol. The lowest BCUT2D eigenvalue weighted by Gasteiger charge is -2.06. The Labute approximate surface area is 131 Å². The molecule has 1 N–H and O–H groups in total. The van der Waals surface area contributed by atoms with Crippen molar-refractivity contribution < 1.29 is 9.72 Å². The minimum Gasteiger partial charge on any atom is -0.354 e. The molecular weight excluding hydrogens is 312 g/mol. The molecule has 0 aliphatic carbocycles. The van der Waals surface area contributed by atoms with Gasteiger partial charge in [-0.25, -0.2) is 0 Å². The van der Waals surface area contributed by atoms with Gasteiger partial charge < -0.3 is 5.32 Å². The molecule has 2 heterocycles. The maximum Gasteiger partial charge on any atom is 0.309 e. The van der Waals surface area contributed by atoms with E-state index in [2.05, 4.69) is 15.5 Å². The topological polar surface area (TPSA) is 108 Å². The number of hydrogen-bond acceptors (Lipinski definition) is 5. The zero-order chi connectivity index (χ0) is 16.1. The largest absolute Gasteiger partial charge is 0.354 e. The lowest BCUT2D eigenvalue weighted by atomic mass is 10.4. The van der Waals surface area contributed by atoms with E-state index in [-0.39, 0.29) is 18.1 Å².